The molecule has 0 aliphatic carbocycles. The molecule has 0 aromatic rings. The van der Waals surface area contributed by atoms with Crippen molar-refractivity contribution in [2.75, 3.05) is 0 Å². The van der Waals surface area contributed by atoms with E-state index >= 15 is 0 Å². The molecule has 0 spiro atoms. The van der Waals surface area contributed by atoms with Gasteiger partial charge in [-0.25, -0.2) is 0 Å². The quantitative estimate of drug-likeness (QED) is 0.205. The predicted octanol–water partition coefficient (Wildman–Crippen LogP) is -4.66. The van der Waals surface area contributed by atoms with E-state index in [9.17, 15) is 0 Å². The van der Waals surface area contributed by atoms with Crippen LogP contribution in [0.2, 0.25) is 0 Å². The molecule has 0 bridgehead atoms. The molecular weight excluding hydrogens is 216 g/mol. The van der Waals surface area contributed by atoms with Crippen LogP contribution in [0.4, 0.5) is 0 Å². The molecule has 0 aliphatic heterocycles. The summed E-state index contributed by atoms with van der Waals surface area (Å²) in [6, 6.07) is 0. The standard InChI is InChI=1S/BH3O3.H4O4Si.Zn/c2-1(3)4;1-5(2,3)4;/h2-4H;1-4H;. The Balaban J connectivity index is -0.0000000910. The second-order valence-corrected chi connectivity index (χ2v) is 2.15. The fraction of sp³-hybridized carbons (Fsp3) is 0. The monoisotopic (exact) mass is 222 g/mol. The number of rotatable bonds is 0. The van der Waals surface area contributed by atoms with Crippen LogP contribution >= 0.6 is 0 Å². The Labute approximate surface area is 70.6 Å². The van der Waals surface area contributed by atoms with Crippen LogP contribution in [0.15, 0.2) is 0 Å². The van der Waals surface area contributed by atoms with Gasteiger partial charge in [-0.3, -0.25) is 0 Å². The van der Waals surface area contributed by atoms with Crippen LogP contribution in [-0.4, -0.2) is 50.6 Å². The average Bonchev–Trinajstić information content (AvgIpc) is 1.19. The van der Waals surface area contributed by atoms with Crippen LogP contribution in [0, 0.1) is 0 Å². The van der Waals surface area contributed by atoms with Gasteiger partial charge in [0.25, 0.3) is 0 Å². The van der Waals surface area contributed by atoms with Crippen molar-refractivity contribution in [3.63, 3.8) is 0 Å². The van der Waals surface area contributed by atoms with E-state index in [2.05, 4.69) is 0 Å². The Bertz CT molecular complexity index is 50.4. The third-order valence-electron chi connectivity index (χ3n) is 0. The van der Waals surface area contributed by atoms with Gasteiger partial charge >= 0.3 is 16.4 Å². The van der Waals surface area contributed by atoms with Gasteiger partial charge in [0.2, 0.25) is 0 Å². The van der Waals surface area contributed by atoms with Gasteiger partial charge in [0, 0.05) is 19.5 Å². The van der Waals surface area contributed by atoms with Gasteiger partial charge in [0.1, 0.15) is 0 Å². The summed E-state index contributed by atoms with van der Waals surface area (Å²) in [6.45, 7) is 0. The number of hydrogen-bond donors (Lipinski definition) is 7. The molecule has 0 aliphatic rings. The Morgan fingerprint density at radius 3 is 0.800 bits per heavy atom. The normalized spacial score (nSPS) is 8.70. The summed E-state index contributed by atoms with van der Waals surface area (Å²) in [4.78, 5) is 29.3. The third-order valence-corrected chi connectivity index (χ3v) is 0. The molecular formula is H7BO7SiZn. The van der Waals surface area contributed by atoms with Crippen molar-refractivity contribution in [3.05, 3.63) is 0 Å². The van der Waals surface area contributed by atoms with Crippen LogP contribution < -0.4 is 0 Å². The number of hydrogen-bond acceptors (Lipinski definition) is 7. The first-order valence-corrected chi connectivity index (χ1v) is 3.46. The Morgan fingerprint density at radius 1 is 0.800 bits per heavy atom. The largest absolute Gasteiger partial charge is 0.668 e. The summed E-state index contributed by atoms with van der Waals surface area (Å²) >= 11 is 0. The molecule has 0 amide bonds. The fourth-order valence-corrected chi connectivity index (χ4v) is 0. The van der Waals surface area contributed by atoms with E-state index in [-0.39, 0.29) is 19.5 Å². The van der Waals surface area contributed by atoms with Crippen molar-refractivity contribution in [1.82, 2.24) is 0 Å². The average molecular weight is 223 g/mol. The molecule has 0 radical (unpaired) electrons. The summed E-state index contributed by atoms with van der Waals surface area (Å²) < 4.78 is 0. The topological polar surface area (TPSA) is 142 Å². The van der Waals surface area contributed by atoms with Gasteiger partial charge in [-0.2, -0.15) is 0 Å². The molecule has 10 heteroatoms. The van der Waals surface area contributed by atoms with Crippen LogP contribution in [-0.2, 0) is 19.5 Å². The third kappa shape index (κ3) is 1280. The van der Waals surface area contributed by atoms with Crippen molar-refractivity contribution in [2.24, 2.45) is 0 Å². The molecule has 58 valence electrons. The van der Waals surface area contributed by atoms with E-state index in [0.29, 0.717) is 0 Å². The molecule has 0 fully saturated rings. The van der Waals surface area contributed by atoms with Gasteiger partial charge in [0.05, 0.1) is 0 Å². The summed E-state index contributed by atoms with van der Waals surface area (Å²) in [7, 11) is -6.78. The Kier molecular flexibility index (Phi) is 13.1. The molecule has 0 unspecified atom stereocenters. The Morgan fingerprint density at radius 2 is 0.800 bits per heavy atom. The fourth-order valence-electron chi connectivity index (χ4n) is 0. The van der Waals surface area contributed by atoms with Crippen LogP contribution in [0.25, 0.3) is 0 Å². The maximum Gasteiger partial charge on any atom is 0.668 e. The van der Waals surface area contributed by atoms with E-state index in [0.717, 1.165) is 0 Å². The Hall–Kier alpha value is 0.625. The molecule has 0 atom stereocenters. The predicted molar refractivity (Wildman–Crippen MR) is 27.0 cm³/mol. The molecule has 7 N–H and O–H groups in total. The molecule has 0 aromatic carbocycles. The zero-order valence-corrected chi connectivity index (χ0v) is 8.88. The van der Waals surface area contributed by atoms with Gasteiger partial charge in [0.15, 0.2) is 0 Å². The minimum Gasteiger partial charge on any atom is -0.402 e. The van der Waals surface area contributed by atoms with Gasteiger partial charge in [-0.15, -0.1) is 0 Å². The van der Waals surface area contributed by atoms with E-state index in [4.69, 9.17) is 34.3 Å². The van der Waals surface area contributed by atoms with Crippen molar-refractivity contribution in [2.45, 2.75) is 0 Å². The second kappa shape index (κ2) is 7.73. The first-order chi connectivity index (χ1) is 3.73. The van der Waals surface area contributed by atoms with Crippen LogP contribution in [0.3, 0.4) is 0 Å². The minimum atomic E-state index is -4.61. The molecule has 0 rings (SSSR count). The van der Waals surface area contributed by atoms with Gasteiger partial charge in [-0.1, -0.05) is 0 Å². The summed E-state index contributed by atoms with van der Waals surface area (Å²) in [5.41, 5.74) is 0. The van der Waals surface area contributed by atoms with Crippen molar-refractivity contribution >= 4 is 16.4 Å². The molecule has 0 aromatic heterocycles. The van der Waals surface area contributed by atoms with Gasteiger partial charge in [-0.05, 0) is 0 Å². The molecule has 0 heterocycles. The first-order valence-electron chi connectivity index (χ1n) is 1.67. The van der Waals surface area contributed by atoms with Gasteiger partial charge < -0.3 is 34.3 Å². The minimum absolute atomic E-state index is 0. The molecule has 0 saturated carbocycles. The van der Waals surface area contributed by atoms with E-state index in [1.807, 2.05) is 0 Å². The molecule has 0 saturated heterocycles. The smallest absolute Gasteiger partial charge is 0.402 e. The van der Waals surface area contributed by atoms with E-state index in [1.165, 1.54) is 0 Å². The first kappa shape index (κ1) is 16.9. The molecule has 7 nitrogen and oxygen atoms in total. The molecule has 10 heavy (non-hydrogen) atoms. The van der Waals surface area contributed by atoms with Crippen LogP contribution in [0.5, 0.6) is 0 Å². The van der Waals surface area contributed by atoms with Crippen molar-refractivity contribution < 1.29 is 53.7 Å². The van der Waals surface area contributed by atoms with Crippen LogP contribution in [0.1, 0.15) is 0 Å². The SMILES string of the molecule is OB(O)O.O[Si](O)(O)O.[Zn]. The zero-order valence-electron chi connectivity index (χ0n) is 4.91. The summed E-state index contributed by atoms with van der Waals surface area (Å²) in [6.07, 6.45) is 0. The summed E-state index contributed by atoms with van der Waals surface area (Å²) in [5.74, 6) is 0. The maximum atomic E-state index is 7.33. The van der Waals surface area contributed by atoms with E-state index in [1.54, 1.807) is 0 Å². The van der Waals surface area contributed by atoms with Crippen molar-refractivity contribution in [1.29, 1.82) is 0 Å². The maximum absolute atomic E-state index is 7.33. The van der Waals surface area contributed by atoms with E-state index < -0.39 is 16.4 Å². The second-order valence-electron chi connectivity index (χ2n) is 0.946. The zero-order chi connectivity index (χ0) is 8.08. The van der Waals surface area contributed by atoms with Crippen molar-refractivity contribution in [3.8, 4) is 0 Å². The summed E-state index contributed by atoms with van der Waals surface area (Å²) in [5, 5.41) is 21.5.